The van der Waals surface area contributed by atoms with Crippen LogP contribution in [0.25, 0.3) is 22.4 Å². The Balaban J connectivity index is 1.40. The van der Waals surface area contributed by atoms with Crippen LogP contribution in [0.3, 0.4) is 0 Å². The first-order valence-corrected chi connectivity index (χ1v) is 10.1. The Kier molecular flexibility index (Phi) is 5.77. The summed E-state index contributed by atoms with van der Waals surface area (Å²) in [6, 6.07) is 13.9. The predicted molar refractivity (Wildman–Crippen MR) is 111 cm³/mol. The third-order valence-electron chi connectivity index (χ3n) is 5.10. The van der Waals surface area contributed by atoms with Crippen molar-refractivity contribution in [3.8, 4) is 22.4 Å². The standard InChI is InChI=1S/C21H22Cl2N4/c22-19-8-7-18(12-20(19)23)16-3-5-17(6-4-16)21-14-25-27(26-21)11-1-2-15-9-10-24-13-15/h3-8,12,14-15,24H,1-2,9-11,13H2. The molecule has 0 aliphatic carbocycles. The fraction of sp³-hybridized carbons (Fsp3) is 0.333. The Bertz CT molecular complexity index is 899. The van der Waals surface area contributed by atoms with Crippen LogP contribution in [0.15, 0.2) is 48.7 Å². The van der Waals surface area contributed by atoms with Crippen molar-refractivity contribution in [2.45, 2.75) is 25.8 Å². The van der Waals surface area contributed by atoms with E-state index >= 15 is 0 Å². The molecule has 1 saturated heterocycles. The Morgan fingerprint density at radius 1 is 1.00 bits per heavy atom. The largest absolute Gasteiger partial charge is 0.316 e. The molecule has 0 radical (unpaired) electrons. The number of hydrogen-bond acceptors (Lipinski definition) is 3. The van der Waals surface area contributed by atoms with Gasteiger partial charge in [-0.1, -0.05) is 53.5 Å². The van der Waals surface area contributed by atoms with Gasteiger partial charge in [0.25, 0.3) is 0 Å². The lowest BCUT2D eigenvalue weighted by atomic mass is 10.0. The van der Waals surface area contributed by atoms with Crippen molar-refractivity contribution >= 4 is 23.2 Å². The zero-order valence-corrected chi connectivity index (χ0v) is 16.5. The minimum atomic E-state index is 0.564. The first-order chi connectivity index (χ1) is 13.2. The first-order valence-electron chi connectivity index (χ1n) is 9.36. The van der Waals surface area contributed by atoms with E-state index in [4.69, 9.17) is 23.2 Å². The molecule has 140 valence electrons. The van der Waals surface area contributed by atoms with Crippen molar-refractivity contribution in [3.05, 3.63) is 58.7 Å². The van der Waals surface area contributed by atoms with Crippen LogP contribution in [-0.2, 0) is 6.54 Å². The van der Waals surface area contributed by atoms with E-state index in [1.165, 1.54) is 12.8 Å². The molecule has 1 unspecified atom stereocenters. The number of aromatic nitrogens is 3. The first kappa shape index (κ1) is 18.5. The van der Waals surface area contributed by atoms with Gasteiger partial charge in [-0.3, -0.25) is 0 Å². The van der Waals surface area contributed by atoms with Crippen LogP contribution in [0.5, 0.6) is 0 Å². The maximum atomic E-state index is 6.12. The minimum Gasteiger partial charge on any atom is -0.316 e. The van der Waals surface area contributed by atoms with Gasteiger partial charge in [-0.05, 0) is 61.5 Å². The van der Waals surface area contributed by atoms with Gasteiger partial charge in [0, 0.05) is 5.56 Å². The lowest BCUT2D eigenvalue weighted by molar-refractivity contribution is 0.440. The number of nitrogens with one attached hydrogen (secondary N) is 1. The number of rotatable bonds is 6. The van der Waals surface area contributed by atoms with E-state index in [1.54, 1.807) is 0 Å². The topological polar surface area (TPSA) is 42.7 Å². The summed E-state index contributed by atoms with van der Waals surface area (Å²) in [5.74, 6) is 0.814. The molecule has 1 aliphatic heterocycles. The van der Waals surface area contributed by atoms with Crippen LogP contribution in [0.1, 0.15) is 19.3 Å². The second-order valence-electron chi connectivity index (χ2n) is 7.03. The van der Waals surface area contributed by atoms with Gasteiger partial charge >= 0.3 is 0 Å². The maximum absolute atomic E-state index is 6.12. The zero-order valence-electron chi connectivity index (χ0n) is 15.0. The van der Waals surface area contributed by atoms with E-state index < -0.39 is 0 Å². The molecule has 1 atom stereocenters. The Labute approximate surface area is 169 Å². The molecule has 2 aromatic carbocycles. The normalized spacial score (nSPS) is 16.7. The lowest BCUT2D eigenvalue weighted by Gasteiger charge is -2.07. The molecule has 6 heteroatoms. The molecule has 3 aromatic rings. The number of benzene rings is 2. The van der Waals surface area contributed by atoms with Gasteiger partial charge in [0.05, 0.1) is 22.8 Å². The van der Waals surface area contributed by atoms with E-state index in [0.717, 1.165) is 54.4 Å². The zero-order chi connectivity index (χ0) is 18.6. The Hall–Kier alpha value is -1.88. The highest BCUT2D eigenvalue weighted by Gasteiger charge is 2.14. The lowest BCUT2D eigenvalue weighted by Crippen LogP contribution is -2.10. The van der Waals surface area contributed by atoms with Crippen molar-refractivity contribution in [2.75, 3.05) is 13.1 Å². The molecular formula is C21H22Cl2N4. The second-order valence-corrected chi connectivity index (χ2v) is 7.85. The van der Waals surface area contributed by atoms with Gasteiger partial charge < -0.3 is 5.32 Å². The van der Waals surface area contributed by atoms with E-state index in [1.807, 2.05) is 29.2 Å². The summed E-state index contributed by atoms with van der Waals surface area (Å²) in [6.07, 6.45) is 5.49. The summed E-state index contributed by atoms with van der Waals surface area (Å²) in [5.41, 5.74) is 4.10. The van der Waals surface area contributed by atoms with E-state index in [2.05, 4.69) is 39.8 Å². The summed E-state index contributed by atoms with van der Waals surface area (Å²) < 4.78 is 0. The predicted octanol–water partition coefficient (Wildman–Crippen LogP) is 5.31. The quantitative estimate of drug-likeness (QED) is 0.609. The van der Waals surface area contributed by atoms with Crippen molar-refractivity contribution < 1.29 is 0 Å². The number of aryl methyl sites for hydroxylation is 1. The molecule has 4 nitrogen and oxygen atoms in total. The van der Waals surface area contributed by atoms with Crippen molar-refractivity contribution in [2.24, 2.45) is 5.92 Å². The Morgan fingerprint density at radius 2 is 1.78 bits per heavy atom. The highest BCUT2D eigenvalue weighted by molar-refractivity contribution is 6.42. The number of halogens is 2. The van der Waals surface area contributed by atoms with Crippen LogP contribution in [0.2, 0.25) is 10.0 Å². The summed E-state index contributed by atoms with van der Waals surface area (Å²) in [7, 11) is 0. The van der Waals surface area contributed by atoms with Gasteiger partial charge in [0.2, 0.25) is 0 Å². The molecule has 0 saturated carbocycles. The monoisotopic (exact) mass is 400 g/mol. The summed E-state index contributed by atoms with van der Waals surface area (Å²) >= 11 is 12.1. The fourth-order valence-electron chi connectivity index (χ4n) is 3.53. The summed E-state index contributed by atoms with van der Waals surface area (Å²) in [5, 5.41) is 13.6. The minimum absolute atomic E-state index is 0.564. The highest BCUT2D eigenvalue weighted by Crippen LogP contribution is 2.29. The molecular weight excluding hydrogens is 379 g/mol. The molecule has 1 aliphatic rings. The molecule has 0 bridgehead atoms. The molecule has 1 N–H and O–H groups in total. The van der Waals surface area contributed by atoms with Crippen molar-refractivity contribution in [1.29, 1.82) is 0 Å². The Morgan fingerprint density at radius 3 is 2.52 bits per heavy atom. The smallest absolute Gasteiger partial charge is 0.113 e. The van der Waals surface area contributed by atoms with Gasteiger partial charge in [-0.15, -0.1) is 0 Å². The van der Waals surface area contributed by atoms with E-state index in [-0.39, 0.29) is 0 Å². The van der Waals surface area contributed by atoms with Crippen LogP contribution in [0.4, 0.5) is 0 Å². The third-order valence-corrected chi connectivity index (χ3v) is 5.84. The van der Waals surface area contributed by atoms with E-state index in [9.17, 15) is 0 Å². The second kappa shape index (κ2) is 8.42. The molecule has 2 heterocycles. The van der Waals surface area contributed by atoms with Gasteiger partial charge in [0.15, 0.2) is 0 Å². The molecule has 4 rings (SSSR count). The van der Waals surface area contributed by atoms with Crippen molar-refractivity contribution in [3.63, 3.8) is 0 Å². The molecule has 0 amide bonds. The highest BCUT2D eigenvalue weighted by atomic mass is 35.5. The van der Waals surface area contributed by atoms with Crippen LogP contribution >= 0.6 is 23.2 Å². The van der Waals surface area contributed by atoms with Crippen LogP contribution in [-0.4, -0.2) is 28.1 Å². The van der Waals surface area contributed by atoms with Gasteiger partial charge in [-0.2, -0.15) is 15.0 Å². The van der Waals surface area contributed by atoms with Gasteiger partial charge in [0.1, 0.15) is 5.69 Å². The average Bonchev–Trinajstić information content (AvgIpc) is 3.36. The molecule has 1 aromatic heterocycles. The van der Waals surface area contributed by atoms with Crippen LogP contribution < -0.4 is 5.32 Å². The fourth-order valence-corrected chi connectivity index (χ4v) is 3.83. The summed E-state index contributed by atoms with van der Waals surface area (Å²) in [6.45, 7) is 3.19. The summed E-state index contributed by atoms with van der Waals surface area (Å²) in [4.78, 5) is 1.81. The number of nitrogens with zero attached hydrogens (tertiary/aromatic N) is 3. The van der Waals surface area contributed by atoms with E-state index in [0.29, 0.717) is 10.0 Å². The number of hydrogen-bond donors (Lipinski definition) is 1. The molecule has 0 spiro atoms. The molecule has 27 heavy (non-hydrogen) atoms. The maximum Gasteiger partial charge on any atom is 0.113 e. The van der Waals surface area contributed by atoms with Gasteiger partial charge in [-0.25, -0.2) is 0 Å². The SMILES string of the molecule is Clc1ccc(-c2ccc(-c3cnn(CCCC4CCNC4)n3)cc2)cc1Cl. The third kappa shape index (κ3) is 4.52. The van der Waals surface area contributed by atoms with Crippen molar-refractivity contribution in [1.82, 2.24) is 20.3 Å². The van der Waals surface area contributed by atoms with Crippen LogP contribution in [0, 0.1) is 5.92 Å². The average molecular weight is 401 g/mol. The molecule has 1 fully saturated rings.